The third-order valence-electron chi connectivity index (χ3n) is 4.14. The van der Waals surface area contributed by atoms with Crippen molar-refractivity contribution in [2.24, 2.45) is 0 Å². The molecule has 0 bridgehead atoms. The molecule has 1 aromatic heterocycles. The Kier molecular flexibility index (Phi) is 5.40. The number of ether oxygens (including phenoxy) is 1. The van der Waals surface area contributed by atoms with Gasteiger partial charge < -0.3 is 25.0 Å². The fourth-order valence-corrected chi connectivity index (χ4v) is 2.79. The van der Waals surface area contributed by atoms with Crippen molar-refractivity contribution in [1.29, 1.82) is 0 Å². The van der Waals surface area contributed by atoms with E-state index < -0.39 is 6.10 Å². The van der Waals surface area contributed by atoms with Gasteiger partial charge in [-0.1, -0.05) is 0 Å². The van der Waals surface area contributed by atoms with Gasteiger partial charge in [0, 0.05) is 24.1 Å². The Balaban J connectivity index is 1.53. The van der Waals surface area contributed by atoms with E-state index in [2.05, 4.69) is 10.3 Å². The molecule has 3 N–H and O–H groups in total. The number of rotatable bonds is 8. The van der Waals surface area contributed by atoms with Gasteiger partial charge in [-0.15, -0.1) is 0 Å². The Bertz CT molecular complexity index is 705. The second-order valence-electron chi connectivity index (χ2n) is 6.78. The summed E-state index contributed by atoms with van der Waals surface area (Å²) in [5.74, 6) is 1.06. The van der Waals surface area contributed by atoms with Crippen LogP contribution in [0.2, 0.25) is 0 Å². The Morgan fingerprint density at radius 2 is 2.04 bits per heavy atom. The summed E-state index contributed by atoms with van der Waals surface area (Å²) >= 11 is 0. The highest BCUT2D eigenvalue weighted by Crippen LogP contribution is 2.40. The minimum absolute atomic E-state index is 0.0989. The van der Waals surface area contributed by atoms with Crippen LogP contribution in [0.1, 0.15) is 34.8 Å². The molecule has 1 amide bonds. The second-order valence-corrected chi connectivity index (χ2v) is 6.78. The number of anilines is 1. The first-order valence-electron chi connectivity index (χ1n) is 8.57. The number of hydrogen-bond acceptors (Lipinski definition) is 4. The molecule has 1 aliphatic carbocycles. The minimum atomic E-state index is -0.538. The van der Waals surface area contributed by atoms with Gasteiger partial charge in [-0.2, -0.15) is 0 Å². The Hall–Kier alpha value is -2.31. The number of aliphatic hydroxyl groups is 1. The van der Waals surface area contributed by atoms with Gasteiger partial charge in [-0.25, -0.2) is 0 Å². The van der Waals surface area contributed by atoms with E-state index in [0.717, 1.165) is 24.1 Å². The summed E-state index contributed by atoms with van der Waals surface area (Å²) in [6.45, 7) is 0.784. The molecule has 1 fully saturated rings. The van der Waals surface area contributed by atoms with E-state index in [1.165, 1.54) is 0 Å². The Morgan fingerprint density at radius 3 is 2.68 bits per heavy atom. The summed E-state index contributed by atoms with van der Waals surface area (Å²) in [7, 11) is 3.81. The lowest BCUT2D eigenvalue weighted by molar-refractivity contribution is 0.0831. The maximum Gasteiger partial charge on any atom is 0.257 e. The van der Waals surface area contributed by atoms with Crippen molar-refractivity contribution in [3.63, 3.8) is 0 Å². The second kappa shape index (κ2) is 7.72. The van der Waals surface area contributed by atoms with E-state index >= 15 is 0 Å². The quantitative estimate of drug-likeness (QED) is 0.688. The molecule has 0 spiro atoms. The van der Waals surface area contributed by atoms with Gasteiger partial charge in [0.25, 0.3) is 5.91 Å². The molecule has 0 aliphatic heterocycles. The van der Waals surface area contributed by atoms with Gasteiger partial charge in [0.2, 0.25) is 0 Å². The van der Waals surface area contributed by atoms with Crippen molar-refractivity contribution in [3.05, 3.63) is 47.8 Å². The molecule has 1 heterocycles. The molecule has 2 aromatic rings. The molecule has 6 heteroatoms. The number of amides is 1. The zero-order valence-electron chi connectivity index (χ0n) is 14.7. The monoisotopic (exact) mass is 343 g/mol. The fraction of sp³-hybridized carbons (Fsp3) is 0.421. The molecular formula is C19H25N3O3. The molecule has 134 valence electrons. The topological polar surface area (TPSA) is 77.6 Å². The summed E-state index contributed by atoms with van der Waals surface area (Å²) in [5, 5.41) is 12.7. The molecule has 0 unspecified atom stereocenters. The Morgan fingerprint density at radius 1 is 1.32 bits per heavy atom. The number of aromatic nitrogens is 1. The average molecular weight is 343 g/mol. The fourth-order valence-electron chi connectivity index (χ4n) is 2.79. The number of benzene rings is 1. The van der Waals surface area contributed by atoms with Gasteiger partial charge in [-0.05, 0) is 63.2 Å². The van der Waals surface area contributed by atoms with Crippen molar-refractivity contribution >= 4 is 11.6 Å². The third kappa shape index (κ3) is 4.84. The molecular weight excluding hydrogens is 318 g/mol. The van der Waals surface area contributed by atoms with Crippen LogP contribution in [0.15, 0.2) is 36.5 Å². The summed E-state index contributed by atoms with van der Waals surface area (Å²) in [5.41, 5.74) is 2.47. The molecule has 0 saturated heterocycles. The molecule has 1 aromatic carbocycles. The predicted octanol–water partition coefficient (Wildman–Crippen LogP) is 2.45. The number of aliphatic hydroxyl groups excluding tert-OH is 1. The number of carbonyl (C=O) groups excluding carboxylic acids is 1. The summed E-state index contributed by atoms with van der Waals surface area (Å²) in [6.07, 6.45) is 3.57. The molecule has 1 atom stereocenters. The van der Waals surface area contributed by atoms with Crippen molar-refractivity contribution < 1.29 is 14.6 Å². The van der Waals surface area contributed by atoms with Crippen molar-refractivity contribution in [3.8, 4) is 5.75 Å². The molecule has 0 radical (unpaired) electrons. The smallest absolute Gasteiger partial charge is 0.257 e. The van der Waals surface area contributed by atoms with Gasteiger partial charge in [0.1, 0.15) is 18.5 Å². The Labute approximate surface area is 147 Å². The number of likely N-dealkylation sites (N-methyl/N-ethyl adjacent to an activating group) is 1. The number of aromatic amines is 1. The SMILES string of the molecule is CN(C)C[C@@H](O)COc1ccc(NC(=O)c2cc[nH]c2C2CC2)cc1. The highest BCUT2D eigenvalue weighted by atomic mass is 16.5. The largest absolute Gasteiger partial charge is 0.491 e. The maximum absolute atomic E-state index is 12.4. The van der Waals surface area contributed by atoms with Gasteiger partial charge in [0.15, 0.2) is 0 Å². The average Bonchev–Trinajstić information content (AvgIpc) is 3.30. The van der Waals surface area contributed by atoms with Crippen molar-refractivity contribution in [1.82, 2.24) is 9.88 Å². The maximum atomic E-state index is 12.4. The van der Waals surface area contributed by atoms with Crippen LogP contribution in [0.5, 0.6) is 5.75 Å². The van der Waals surface area contributed by atoms with E-state index in [0.29, 0.717) is 23.9 Å². The van der Waals surface area contributed by atoms with Crippen LogP contribution in [0.4, 0.5) is 5.69 Å². The number of nitrogens with one attached hydrogen (secondary N) is 2. The summed E-state index contributed by atoms with van der Waals surface area (Å²) < 4.78 is 5.57. The molecule has 1 aliphatic rings. The van der Waals surface area contributed by atoms with E-state index in [1.807, 2.05) is 31.3 Å². The van der Waals surface area contributed by atoms with Crippen LogP contribution in [0.25, 0.3) is 0 Å². The normalized spacial score (nSPS) is 15.2. The molecule has 1 saturated carbocycles. The van der Waals surface area contributed by atoms with Crippen LogP contribution < -0.4 is 10.1 Å². The highest BCUT2D eigenvalue weighted by molar-refractivity contribution is 6.05. The minimum Gasteiger partial charge on any atom is -0.491 e. The van der Waals surface area contributed by atoms with Crippen LogP contribution >= 0.6 is 0 Å². The third-order valence-corrected chi connectivity index (χ3v) is 4.14. The van der Waals surface area contributed by atoms with Gasteiger partial charge in [0.05, 0.1) is 5.56 Å². The first-order chi connectivity index (χ1) is 12.0. The standard InChI is InChI=1S/C19H25N3O3/c1-22(2)11-15(23)12-25-16-7-5-14(6-8-16)21-19(24)17-9-10-20-18(17)13-3-4-13/h5-10,13,15,20,23H,3-4,11-12H2,1-2H3,(H,21,24)/t15-/m1/s1. The van der Waals surface area contributed by atoms with Crippen LogP contribution in [0, 0.1) is 0 Å². The number of H-pyrrole nitrogens is 1. The summed E-state index contributed by atoms with van der Waals surface area (Å²) in [6, 6.07) is 9.00. The van der Waals surface area contributed by atoms with Crippen LogP contribution in [0.3, 0.4) is 0 Å². The van der Waals surface area contributed by atoms with Gasteiger partial charge in [-0.3, -0.25) is 4.79 Å². The summed E-state index contributed by atoms with van der Waals surface area (Å²) in [4.78, 5) is 17.5. The number of hydrogen-bond donors (Lipinski definition) is 3. The van der Waals surface area contributed by atoms with E-state index in [1.54, 1.807) is 24.3 Å². The number of carbonyl (C=O) groups is 1. The lowest BCUT2D eigenvalue weighted by Crippen LogP contribution is -2.30. The lowest BCUT2D eigenvalue weighted by atomic mass is 10.1. The highest BCUT2D eigenvalue weighted by Gasteiger charge is 2.29. The van der Waals surface area contributed by atoms with Crippen molar-refractivity contribution in [2.45, 2.75) is 24.9 Å². The van der Waals surface area contributed by atoms with E-state index in [-0.39, 0.29) is 12.5 Å². The zero-order valence-corrected chi connectivity index (χ0v) is 14.7. The lowest BCUT2D eigenvalue weighted by Gasteiger charge is -2.16. The van der Waals surface area contributed by atoms with Crippen LogP contribution in [-0.2, 0) is 0 Å². The molecule has 6 nitrogen and oxygen atoms in total. The molecule has 25 heavy (non-hydrogen) atoms. The van der Waals surface area contributed by atoms with Gasteiger partial charge >= 0.3 is 0 Å². The van der Waals surface area contributed by atoms with E-state index in [4.69, 9.17) is 4.74 Å². The molecule has 3 rings (SSSR count). The predicted molar refractivity (Wildman–Crippen MR) is 97.2 cm³/mol. The first-order valence-corrected chi connectivity index (χ1v) is 8.57. The first kappa shape index (κ1) is 17.5. The number of nitrogens with zero attached hydrogens (tertiary/aromatic N) is 1. The van der Waals surface area contributed by atoms with Crippen LogP contribution in [-0.4, -0.2) is 54.2 Å². The zero-order chi connectivity index (χ0) is 17.8. The van der Waals surface area contributed by atoms with Crippen molar-refractivity contribution in [2.75, 3.05) is 32.6 Å². The van der Waals surface area contributed by atoms with E-state index in [9.17, 15) is 9.90 Å².